The zero-order valence-corrected chi connectivity index (χ0v) is 20.8. The Bertz CT molecular complexity index is 1010. The molecule has 182 valence electrons. The number of amides is 2. The molecule has 0 fully saturated rings. The van der Waals surface area contributed by atoms with Crippen LogP contribution in [-0.4, -0.2) is 47.2 Å². The second-order valence-corrected chi connectivity index (χ2v) is 9.41. The third-order valence-corrected chi connectivity index (χ3v) is 5.47. The van der Waals surface area contributed by atoms with Gasteiger partial charge in [-0.1, -0.05) is 54.6 Å². The van der Waals surface area contributed by atoms with E-state index in [0.29, 0.717) is 6.42 Å². The van der Waals surface area contributed by atoms with Crippen LogP contribution < -0.4 is 5.32 Å². The summed E-state index contributed by atoms with van der Waals surface area (Å²) in [6.07, 6.45) is -0.426. The fourth-order valence-electron chi connectivity index (χ4n) is 3.71. The molecule has 1 heterocycles. The van der Waals surface area contributed by atoms with Gasteiger partial charge in [-0.2, -0.15) is 0 Å². The summed E-state index contributed by atoms with van der Waals surface area (Å²) in [6.45, 7) is 5.41. The van der Waals surface area contributed by atoms with Gasteiger partial charge in [-0.05, 0) is 37.5 Å². The van der Waals surface area contributed by atoms with Gasteiger partial charge < -0.3 is 24.2 Å². The van der Waals surface area contributed by atoms with Crippen molar-refractivity contribution in [3.63, 3.8) is 0 Å². The van der Waals surface area contributed by atoms with Gasteiger partial charge in [-0.25, -0.2) is 9.59 Å². The van der Waals surface area contributed by atoms with Gasteiger partial charge in [0.15, 0.2) is 0 Å². The van der Waals surface area contributed by atoms with Crippen molar-refractivity contribution in [1.82, 2.24) is 10.2 Å². The maximum absolute atomic E-state index is 13.5. The lowest BCUT2D eigenvalue weighted by Crippen LogP contribution is -2.57. The summed E-state index contributed by atoms with van der Waals surface area (Å²) in [5.74, 6) is -0.959. The van der Waals surface area contributed by atoms with E-state index in [1.54, 1.807) is 20.8 Å². The van der Waals surface area contributed by atoms with Crippen molar-refractivity contribution in [3.05, 3.63) is 71.3 Å². The Balaban J connectivity index is 1.80. The summed E-state index contributed by atoms with van der Waals surface area (Å²) >= 11 is 0. The molecule has 9 heteroatoms. The second-order valence-electron chi connectivity index (χ2n) is 9.08. The van der Waals surface area contributed by atoms with Gasteiger partial charge in [0.05, 0.1) is 6.61 Å². The molecule has 8 nitrogen and oxygen atoms in total. The van der Waals surface area contributed by atoms with Crippen LogP contribution in [-0.2, 0) is 43.2 Å². The van der Waals surface area contributed by atoms with E-state index in [2.05, 4.69) is 14.8 Å². The van der Waals surface area contributed by atoms with E-state index >= 15 is 0 Å². The molecule has 2 aromatic rings. The van der Waals surface area contributed by atoms with Crippen LogP contribution in [0.2, 0.25) is 0 Å². The standard InChI is InChI=1S/C25H31N2O6P/c1-25(2,3)33-24(30)26-20(16-32-34)22(28)27-14-19-12-8-7-11-18(19)13-21(27)23(29)31-15-17-9-5-4-6-10-17/h4-12,20-21H,13-16,34H2,1-3H3,(H,26,30). The van der Waals surface area contributed by atoms with Crippen molar-refractivity contribution < 1.29 is 28.4 Å². The highest BCUT2D eigenvalue weighted by Gasteiger charge is 2.39. The number of hydrogen-bond donors (Lipinski definition) is 1. The molecule has 2 amide bonds. The number of nitrogens with one attached hydrogen (secondary N) is 1. The number of benzene rings is 2. The highest BCUT2D eigenvalue weighted by Crippen LogP contribution is 2.25. The Hall–Kier alpha value is -2.96. The Morgan fingerprint density at radius 3 is 2.35 bits per heavy atom. The van der Waals surface area contributed by atoms with Crippen LogP contribution in [0.25, 0.3) is 0 Å². The lowest BCUT2D eigenvalue weighted by molar-refractivity contribution is -0.158. The number of alkyl carbamates (subject to hydrolysis) is 1. The smallest absolute Gasteiger partial charge is 0.408 e. The summed E-state index contributed by atoms with van der Waals surface area (Å²) in [5.41, 5.74) is 2.04. The van der Waals surface area contributed by atoms with E-state index in [0.717, 1.165) is 16.7 Å². The Morgan fingerprint density at radius 1 is 1.06 bits per heavy atom. The van der Waals surface area contributed by atoms with Crippen molar-refractivity contribution in [2.45, 2.75) is 58.0 Å². The molecule has 0 aliphatic carbocycles. The first kappa shape index (κ1) is 25.7. The topological polar surface area (TPSA) is 94.2 Å². The van der Waals surface area contributed by atoms with Crippen LogP contribution in [0.1, 0.15) is 37.5 Å². The van der Waals surface area contributed by atoms with Gasteiger partial charge in [-0.15, -0.1) is 0 Å². The zero-order chi connectivity index (χ0) is 24.7. The summed E-state index contributed by atoms with van der Waals surface area (Å²) in [7, 11) is 2.07. The molecule has 0 radical (unpaired) electrons. The van der Waals surface area contributed by atoms with Crippen molar-refractivity contribution in [1.29, 1.82) is 0 Å². The van der Waals surface area contributed by atoms with Crippen LogP contribution in [0.15, 0.2) is 54.6 Å². The number of carbonyl (C=O) groups excluding carboxylic acids is 3. The summed E-state index contributed by atoms with van der Waals surface area (Å²) in [5, 5.41) is 2.57. The predicted octanol–water partition coefficient (Wildman–Crippen LogP) is 3.38. The highest BCUT2D eigenvalue weighted by molar-refractivity contribution is 7.09. The molecule has 2 aromatic carbocycles. The minimum atomic E-state index is -1.04. The van der Waals surface area contributed by atoms with Crippen LogP contribution in [0.4, 0.5) is 4.79 Å². The average molecular weight is 487 g/mol. The zero-order valence-electron chi connectivity index (χ0n) is 19.7. The van der Waals surface area contributed by atoms with Gasteiger partial charge in [0.1, 0.15) is 24.3 Å². The maximum Gasteiger partial charge on any atom is 0.408 e. The van der Waals surface area contributed by atoms with Gasteiger partial charge in [0, 0.05) is 22.4 Å². The van der Waals surface area contributed by atoms with Gasteiger partial charge >= 0.3 is 12.1 Å². The number of rotatable bonds is 7. The maximum atomic E-state index is 13.5. The number of ether oxygens (including phenoxy) is 2. The normalized spacial score (nSPS) is 16.2. The van der Waals surface area contributed by atoms with Crippen LogP contribution in [0, 0.1) is 0 Å². The molecule has 1 aliphatic rings. The largest absolute Gasteiger partial charge is 0.459 e. The van der Waals surface area contributed by atoms with E-state index in [1.165, 1.54) is 4.90 Å². The molecular weight excluding hydrogens is 455 g/mol. The minimum Gasteiger partial charge on any atom is -0.459 e. The Kier molecular flexibility index (Phi) is 8.64. The molecule has 3 rings (SSSR count). The van der Waals surface area contributed by atoms with E-state index in [1.807, 2.05) is 54.6 Å². The summed E-state index contributed by atoms with van der Waals surface area (Å²) < 4.78 is 16.0. The van der Waals surface area contributed by atoms with Crippen molar-refractivity contribution in [2.24, 2.45) is 0 Å². The number of carbonyl (C=O) groups is 3. The number of nitrogens with zero attached hydrogens (tertiary/aromatic N) is 1. The van der Waals surface area contributed by atoms with Crippen LogP contribution in [0.5, 0.6) is 0 Å². The van der Waals surface area contributed by atoms with Gasteiger partial charge in [0.2, 0.25) is 5.91 Å². The Morgan fingerprint density at radius 2 is 1.71 bits per heavy atom. The molecule has 0 saturated heterocycles. The summed E-state index contributed by atoms with van der Waals surface area (Å²) in [4.78, 5) is 40.5. The van der Waals surface area contributed by atoms with Gasteiger partial charge in [0.25, 0.3) is 0 Å². The minimum absolute atomic E-state index is 0.104. The lowest BCUT2D eigenvalue weighted by Gasteiger charge is -2.37. The van der Waals surface area contributed by atoms with E-state index in [9.17, 15) is 14.4 Å². The van der Waals surface area contributed by atoms with Crippen molar-refractivity contribution in [3.8, 4) is 0 Å². The number of fused-ring (bicyclic) bond motifs is 1. The third-order valence-electron chi connectivity index (χ3n) is 5.28. The first-order valence-electron chi connectivity index (χ1n) is 11.1. The fraction of sp³-hybridized carbons (Fsp3) is 0.400. The van der Waals surface area contributed by atoms with Crippen LogP contribution >= 0.6 is 9.47 Å². The first-order valence-corrected chi connectivity index (χ1v) is 11.5. The fourth-order valence-corrected chi connectivity index (χ4v) is 3.90. The third kappa shape index (κ3) is 7.02. The quantitative estimate of drug-likeness (QED) is 0.476. The van der Waals surface area contributed by atoms with Gasteiger partial charge in [-0.3, -0.25) is 4.79 Å². The molecule has 0 saturated carbocycles. The van der Waals surface area contributed by atoms with Crippen molar-refractivity contribution in [2.75, 3.05) is 6.61 Å². The second kappa shape index (κ2) is 11.4. The molecule has 0 aromatic heterocycles. The Labute approximate surface area is 202 Å². The first-order chi connectivity index (χ1) is 16.2. The molecular formula is C25H31N2O6P. The number of hydrogen-bond acceptors (Lipinski definition) is 6. The molecule has 1 N–H and O–H groups in total. The molecule has 3 atom stereocenters. The van der Waals surface area contributed by atoms with E-state index in [4.69, 9.17) is 14.0 Å². The average Bonchev–Trinajstić information content (AvgIpc) is 2.80. The molecule has 1 aliphatic heterocycles. The highest BCUT2D eigenvalue weighted by atomic mass is 31.0. The monoisotopic (exact) mass is 486 g/mol. The predicted molar refractivity (Wildman–Crippen MR) is 130 cm³/mol. The lowest BCUT2D eigenvalue weighted by atomic mass is 9.93. The van der Waals surface area contributed by atoms with Crippen LogP contribution in [0.3, 0.4) is 0 Å². The van der Waals surface area contributed by atoms with Crippen molar-refractivity contribution >= 4 is 27.4 Å². The number of esters is 1. The summed E-state index contributed by atoms with van der Waals surface area (Å²) in [6, 6.07) is 15.1. The molecule has 34 heavy (non-hydrogen) atoms. The molecule has 0 spiro atoms. The molecule has 0 bridgehead atoms. The van der Waals surface area contributed by atoms with E-state index < -0.39 is 35.7 Å². The van der Waals surface area contributed by atoms with E-state index in [-0.39, 0.29) is 19.8 Å². The SMILES string of the molecule is CC(C)(C)OC(=O)NC(COP)C(=O)N1Cc2ccccc2CC1C(=O)OCc1ccccc1. The molecule has 3 unspecified atom stereocenters.